The van der Waals surface area contributed by atoms with Crippen LogP contribution in [0.15, 0.2) is 72.8 Å². The third-order valence-electron chi connectivity index (χ3n) is 4.84. The number of hydrogen-bond acceptors (Lipinski definition) is 4. The van der Waals surface area contributed by atoms with Gasteiger partial charge >= 0.3 is 5.97 Å². The highest BCUT2D eigenvalue weighted by atomic mass is 19.1. The first-order valence-corrected chi connectivity index (χ1v) is 9.74. The SMILES string of the molecule is Cc1nc2cc(C(=O)O[C@@H](C)C(=O)Nc3ccc(F)cc3)ccc2n1-c1ccccc1. The van der Waals surface area contributed by atoms with Gasteiger partial charge in [0.25, 0.3) is 5.91 Å². The molecule has 0 saturated heterocycles. The molecule has 1 atom stereocenters. The quantitative estimate of drug-likeness (QED) is 0.480. The van der Waals surface area contributed by atoms with Crippen LogP contribution in [0, 0.1) is 12.7 Å². The highest BCUT2D eigenvalue weighted by Gasteiger charge is 2.20. The highest BCUT2D eigenvalue weighted by Crippen LogP contribution is 2.23. The van der Waals surface area contributed by atoms with Gasteiger partial charge in [-0.05, 0) is 68.4 Å². The number of nitrogens with zero attached hydrogens (tertiary/aromatic N) is 2. The molecule has 3 aromatic carbocycles. The first kappa shape index (κ1) is 20.3. The number of rotatable bonds is 5. The zero-order valence-corrected chi connectivity index (χ0v) is 17.0. The molecular weight excluding hydrogens is 397 g/mol. The zero-order chi connectivity index (χ0) is 22.0. The summed E-state index contributed by atoms with van der Waals surface area (Å²) >= 11 is 0. The van der Waals surface area contributed by atoms with Crippen molar-refractivity contribution in [2.24, 2.45) is 0 Å². The highest BCUT2D eigenvalue weighted by molar-refractivity contribution is 5.98. The van der Waals surface area contributed by atoms with Gasteiger partial charge in [0.2, 0.25) is 0 Å². The number of anilines is 1. The molecule has 1 N–H and O–H groups in total. The van der Waals surface area contributed by atoms with Crippen molar-refractivity contribution in [3.05, 3.63) is 90.0 Å². The van der Waals surface area contributed by atoms with Crippen LogP contribution in [0.2, 0.25) is 0 Å². The predicted octanol–water partition coefficient (Wildman–Crippen LogP) is 4.66. The number of aromatic nitrogens is 2. The largest absolute Gasteiger partial charge is 0.449 e. The summed E-state index contributed by atoms with van der Waals surface area (Å²) in [4.78, 5) is 29.4. The van der Waals surface area contributed by atoms with Gasteiger partial charge in [0, 0.05) is 11.4 Å². The first-order valence-electron chi connectivity index (χ1n) is 9.74. The second-order valence-electron chi connectivity index (χ2n) is 7.08. The number of hydrogen-bond donors (Lipinski definition) is 1. The molecule has 0 bridgehead atoms. The summed E-state index contributed by atoms with van der Waals surface area (Å²) in [6.07, 6.45) is -1.03. The normalized spacial score (nSPS) is 11.8. The zero-order valence-electron chi connectivity index (χ0n) is 17.0. The average Bonchev–Trinajstić information content (AvgIpc) is 3.10. The molecule has 0 unspecified atom stereocenters. The Hall–Kier alpha value is -4.00. The Bertz CT molecular complexity index is 1250. The van der Waals surface area contributed by atoms with E-state index in [1.54, 1.807) is 12.1 Å². The fourth-order valence-electron chi connectivity index (χ4n) is 3.29. The molecule has 4 rings (SSSR count). The topological polar surface area (TPSA) is 73.2 Å². The Morgan fingerprint density at radius 3 is 2.45 bits per heavy atom. The second-order valence-corrected chi connectivity index (χ2v) is 7.08. The van der Waals surface area contributed by atoms with Crippen molar-refractivity contribution in [2.75, 3.05) is 5.32 Å². The standard InChI is InChI=1S/C24H20FN3O3/c1-15(23(29)27-19-11-9-18(25)10-12-19)31-24(30)17-8-13-22-21(14-17)26-16(2)28(22)20-6-4-3-5-7-20/h3-15H,1-2H3,(H,27,29)/t15-/m0/s1. The average molecular weight is 417 g/mol. The molecule has 0 saturated carbocycles. The van der Waals surface area contributed by atoms with Crippen LogP contribution in [0.4, 0.5) is 10.1 Å². The summed E-state index contributed by atoms with van der Waals surface area (Å²) in [7, 11) is 0. The number of carbonyl (C=O) groups excluding carboxylic acids is 2. The van der Waals surface area contributed by atoms with Crippen molar-refractivity contribution < 1.29 is 18.7 Å². The van der Waals surface area contributed by atoms with Gasteiger partial charge < -0.3 is 10.1 Å². The Labute approximate surface area is 178 Å². The maximum Gasteiger partial charge on any atom is 0.338 e. The summed E-state index contributed by atoms with van der Waals surface area (Å²) < 4.78 is 20.3. The van der Waals surface area contributed by atoms with Gasteiger partial charge in [-0.2, -0.15) is 0 Å². The van der Waals surface area contributed by atoms with Crippen molar-refractivity contribution >= 4 is 28.6 Å². The lowest BCUT2D eigenvalue weighted by Crippen LogP contribution is -2.30. The number of ether oxygens (including phenoxy) is 1. The molecule has 0 aliphatic heterocycles. The Kier molecular flexibility index (Phi) is 5.49. The molecule has 1 aromatic heterocycles. The summed E-state index contributed by atoms with van der Waals surface area (Å²) in [5, 5.41) is 2.59. The number of halogens is 1. The van der Waals surface area contributed by atoms with Crippen molar-refractivity contribution in [1.82, 2.24) is 9.55 Å². The lowest BCUT2D eigenvalue weighted by molar-refractivity contribution is -0.123. The fourth-order valence-corrected chi connectivity index (χ4v) is 3.29. The van der Waals surface area contributed by atoms with Gasteiger partial charge in [-0.3, -0.25) is 9.36 Å². The van der Waals surface area contributed by atoms with E-state index >= 15 is 0 Å². The fraction of sp³-hybridized carbons (Fsp3) is 0.125. The molecule has 1 amide bonds. The smallest absolute Gasteiger partial charge is 0.338 e. The minimum atomic E-state index is -1.03. The van der Waals surface area contributed by atoms with Gasteiger partial charge in [0.15, 0.2) is 6.10 Å². The molecule has 0 aliphatic carbocycles. The van der Waals surface area contributed by atoms with E-state index in [0.717, 1.165) is 17.0 Å². The molecule has 0 aliphatic rings. The van der Waals surface area contributed by atoms with Crippen molar-refractivity contribution in [2.45, 2.75) is 20.0 Å². The van der Waals surface area contributed by atoms with Crippen LogP contribution in [-0.2, 0) is 9.53 Å². The maximum absolute atomic E-state index is 13.0. The number of carbonyl (C=O) groups is 2. The van der Waals surface area contributed by atoms with Crippen LogP contribution < -0.4 is 5.32 Å². The van der Waals surface area contributed by atoms with E-state index in [1.807, 2.05) is 47.9 Å². The molecule has 4 aromatic rings. The molecule has 0 spiro atoms. The van der Waals surface area contributed by atoms with E-state index in [9.17, 15) is 14.0 Å². The van der Waals surface area contributed by atoms with Crippen LogP contribution in [0.1, 0.15) is 23.1 Å². The molecule has 156 valence electrons. The number of esters is 1. The number of fused-ring (bicyclic) bond motifs is 1. The van der Waals surface area contributed by atoms with Gasteiger partial charge in [-0.1, -0.05) is 18.2 Å². The number of imidazole rings is 1. The second kappa shape index (κ2) is 8.39. The van der Waals surface area contributed by atoms with E-state index in [0.29, 0.717) is 16.8 Å². The summed E-state index contributed by atoms with van der Waals surface area (Å²) in [6, 6.07) is 20.2. The van der Waals surface area contributed by atoms with Crippen molar-refractivity contribution in [3.8, 4) is 5.69 Å². The number of nitrogens with one attached hydrogen (secondary N) is 1. The molecular formula is C24H20FN3O3. The maximum atomic E-state index is 13.0. The number of aryl methyl sites for hydroxylation is 1. The van der Waals surface area contributed by atoms with E-state index in [-0.39, 0.29) is 0 Å². The Morgan fingerprint density at radius 2 is 1.74 bits per heavy atom. The van der Waals surface area contributed by atoms with Crippen LogP contribution in [0.3, 0.4) is 0 Å². The van der Waals surface area contributed by atoms with Gasteiger partial charge in [0.1, 0.15) is 11.6 Å². The predicted molar refractivity (Wildman–Crippen MR) is 116 cm³/mol. The Balaban J connectivity index is 1.50. The third kappa shape index (κ3) is 4.30. The lowest BCUT2D eigenvalue weighted by atomic mass is 10.2. The summed E-state index contributed by atoms with van der Waals surface area (Å²) in [5.41, 5.74) is 3.20. The lowest BCUT2D eigenvalue weighted by Gasteiger charge is -2.13. The van der Waals surface area contributed by atoms with Crippen molar-refractivity contribution in [1.29, 1.82) is 0 Å². The van der Waals surface area contributed by atoms with E-state index in [1.165, 1.54) is 31.2 Å². The van der Waals surface area contributed by atoms with Crippen LogP contribution in [0.25, 0.3) is 16.7 Å². The number of amides is 1. The van der Waals surface area contributed by atoms with Gasteiger partial charge in [0.05, 0.1) is 16.6 Å². The van der Waals surface area contributed by atoms with E-state index in [2.05, 4.69) is 10.3 Å². The number of para-hydroxylation sites is 1. The van der Waals surface area contributed by atoms with E-state index < -0.39 is 23.8 Å². The summed E-state index contributed by atoms with van der Waals surface area (Å²) in [6.45, 7) is 3.37. The monoisotopic (exact) mass is 417 g/mol. The Morgan fingerprint density at radius 1 is 1.03 bits per heavy atom. The van der Waals surface area contributed by atoms with Gasteiger partial charge in [-0.25, -0.2) is 14.2 Å². The van der Waals surface area contributed by atoms with Crippen LogP contribution in [-0.4, -0.2) is 27.5 Å². The molecule has 0 radical (unpaired) electrons. The van der Waals surface area contributed by atoms with Crippen LogP contribution >= 0.6 is 0 Å². The minimum Gasteiger partial charge on any atom is -0.449 e. The summed E-state index contributed by atoms with van der Waals surface area (Å²) in [5.74, 6) is -0.752. The van der Waals surface area contributed by atoms with Crippen LogP contribution in [0.5, 0.6) is 0 Å². The molecule has 1 heterocycles. The molecule has 0 fully saturated rings. The molecule has 6 nitrogen and oxygen atoms in total. The van der Waals surface area contributed by atoms with E-state index in [4.69, 9.17) is 4.74 Å². The first-order chi connectivity index (χ1) is 14.9. The van der Waals surface area contributed by atoms with Crippen molar-refractivity contribution in [3.63, 3.8) is 0 Å². The minimum absolute atomic E-state index is 0.298. The van der Waals surface area contributed by atoms with Gasteiger partial charge in [-0.15, -0.1) is 0 Å². The molecule has 7 heteroatoms. The third-order valence-corrected chi connectivity index (χ3v) is 4.84. The number of benzene rings is 3. The molecule has 31 heavy (non-hydrogen) atoms.